The Morgan fingerprint density at radius 1 is 0.447 bits per heavy atom. The molecule has 0 aliphatic carbocycles. The van der Waals surface area contributed by atoms with E-state index in [9.17, 15) is 16.8 Å². The molecule has 0 radical (unpaired) electrons. The van der Waals surface area contributed by atoms with E-state index in [2.05, 4.69) is 0 Å². The van der Waals surface area contributed by atoms with Crippen LogP contribution < -0.4 is 0 Å². The van der Waals surface area contributed by atoms with Crippen LogP contribution in [-0.4, -0.2) is 66.1 Å². The van der Waals surface area contributed by atoms with Crippen LogP contribution in [0.2, 0.25) is 0 Å². The van der Waals surface area contributed by atoms with Gasteiger partial charge in [-0.1, -0.05) is 0 Å². The first-order valence-corrected chi connectivity index (χ1v) is 22.5. The van der Waals surface area contributed by atoms with Crippen molar-refractivity contribution < 1.29 is 24.8 Å². The average molecular weight is 607 g/mol. The van der Waals surface area contributed by atoms with Gasteiger partial charge < -0.3 is 0 Å². The fourth-order valence-corrected chi connectivity index (χ4v) is 20.2. The molecule has 2 aromatic rings. The Hall–Kier alpha value is -0.880. The van der Waals surface area contributed by atoms with Gasteiger partial charge in [0.25, 0.3) is 0 Å². The second-order valence-corrected chi connectivity index (χ2v) is 26.8. The summed E-state index contributed by atoms with van der Waals surface area (Å²) in [5.74, 6) is 0. The molecule has 38 heavy (non-hydrogen) atoms. The van der Waals surface area contributed by atoms with Gasteiger partial charge in [-0.3, -0.25) is 0 Å². The quantitative estimate of drug-likeness (QED) is 0.192. The summed E-state index contributed by atoms with van der Waals surface area (Å²) in [6.45, 7) is 10.5. The summed E-state index contributed by atoms with van der Waals surface area (Å²) in [7, 11) is -7.84. The SMILES string of the molecule is CCP(CC)(CC)(CC)OS(=O)(=O)c1ccc(-c2ccc(S(=O)(=O)OP(CC)(CC)(CC)CC)cc2)cc1. The van der Waals surface area contributed by atoms with E-state index in [0.29, 0.717) is 0 Å². The van der Waals surface area contributed by atoms with Crippen molar-refractivity contribution in [3.05, 3.63) is 48.5 Å². The molecule has 0 saturated carbocycles. The molecule has 0 atom stereocenters. The molecule has 0 heterocycles. The van der Waals surface area contributed by atoms with E-state index in [1.807, 2.05) is 55.4 Å². The Morgan fingerprint density at radius 3 is 0.842 bits per heavy atom. The summed E-state index contributed by atoms with van der Waals surface area (Å²) in [4.78, 5) is 0.271. The fraction of sp³-hybridized carbons (Fsp3) is 0.571. The fourth-order valence-electron chi connectivity index (χ4n) is 5.37. The van der Waals surface area contributed by atoms with Crippen LogP contribution >= 0.6 is 13.7 Å². The summed E-state index contributed by atoms with van der Waals surface area (Å²) in [5.41, 5.74) is 1.57. The maximum atomic E-state index is 13.3. The van der Waals surface area contributed by atoms with Crippen LogP contribution in [0.3, 0.4) is 0 Å². The summed E-state index contributed by atoms with van der Waals surface area (Å²) in [6, 6.07) is 13.2. The molecule has 218 valence electrons. The molecule has 0 bridgehead atoms. The third kappa shape index (κ3) is 6.21. The summed E-state index contributed by atoms with van der Waals surface area (Å²) in [5, 5.41) is 0. The van der Waals surface area contributed by atoms with Gasteiger partial charge in [0.05, 0.1) is 0 Å². The Morgan fingerprint density at radius 2 is 0.658 bits per heavy atom. The number of hydrogen-bond acceptors (Lipinski definition) is 6. The van der Waals surface area contributed by atoms with Gasteiger partial charge in [-0.2, -0.15) is 0 Å². The van der Waals surface area contributed by atoms with Gasteiger partial charge in [-0.25, -0.2) is 0 Å². The topological polar surface area (TPSA) is 86.7 Å². The van der Waals surface area contributed by atoms with Crippen molar-refractivity contribution in [3.63, 3.8) is 0 Å². The molecule has 0 amide bonds. The van der Waals surface area contributed by atoms with Gasteiger partial charge in [-0.05, 0) is 0 Å². The normalized spacial score (nSPS) is 15.4. The zero-order chi connectivity index (χ0) is 28.9. The second kappa shape index (κ2) is 11.9. The zero-order valence-electron chi connectivity index (χ0n) is 24.4. The second-order valence-electron chi connectivity index (χ2n) is 10.4. The van der Waals surface area contributed by atoms with Gasteiger partial charge in [0.15, 0.2) is 0 Å². The van der Waals surface area contributed by atoms with E-state index in [1.54, 1.807) is 48.5 Å². The van der Waals surface area contributed by atoms with E-state index < -0.39 is 33.9 Å². The molecule has 6 nitrogen and oxygen atoms in total. The van der Waals surface area contributed by atoms with Crippen molar-refractivity contribution in [3.8, 4) is 11.1 Å². The third-order valence-corrected chi connectivity index (χ3v) is 29.1. The molecule has 2 rings (SSSR count). The monoisotopic (exact) mass is 606 g/mol. The van der Waals surface area contributed by atoms with E-state index in [0.717, 1.165) is 60.4 Å². The van der Waals surface area contributed by atoms with Crippen LogP contribution in [0.4, 0.5) is 0 Å². The molecule has 10 heteroatoms. The first kappa shape index (κ1) is 33.3. The Kier molecular flexibility index (Phi) is 10.5. The predicted octanol–water partition coefficient (Wildman–Crippen LogP) is 7.86. The van der Waals surface area contributed by atoms with Gasteiger partial charge >= 0.3 is 233 Å². The predicted molar refractivity (Wildman–Crippen MR) is 167 cm³/mol. The molecule has 0 aliphatic heterocycles. The van der Waals surface area contributed by atoms with Gasteiger partial charge in [0.1, 0.15) is 0 Å². The summed E-state index contributed by atoms with van der Waals surface area (Å²) < 4.78 is 65.3. The summed E-state index contributed by atoms with van der Waals surface area (Å²) in [6.07, 6.45) is 5.80. The van der Waals surface area contributed by atoms with Crippen molar-refractivity contribution in [2.75, 3.05) is 49.3 Å². The van der Waals surface area contributed by atoms with Crippen LogP contribution in [0.25, 0.3) is 11.1 Å². The van der Waals surface area contributed by atoms with Crippen molar-refractivity contribution >= 4 is 33.9 Å². The third-order valence-electron chi connectivity index (χ3n) is 9.64. The van der Waals surface area contributed by atoms with Crippen LogP contribution in [0.1, 0.15) is 55.4 Å². The minimum atomic E-state index is -3.92. The molecule has 2 aromatic carbocycles. The number of hydrogen-bond donors (Lipinski definition) is 0. The molecular weight excluding hydrogens is 558 g/mol. The standard InChI is InChI=1S/C28H48O6P2S2/c1-9-35(10-2,11-3,12-4)33-37(29,30)27-21-17-25(18-22-27)26-19-23-28(24-20-26)38(31,32)34-36(13-5,14-6,15-7)16-8/h17-24H,9-16H2,1-8H3. The first-order chi connectivity index (χ1) is 17.7. The Labute approximate surface area is 232 Å². The minimum absolute atomic E-state index is 0.135. The molecule has 0 fully saturated rings. The molecule has 0 saturated heterocycles. The molecular formula is C28H48O6P2S2. The van der Waals surface area contributed by atoms with Crippen LogP contribution in [-0.2, 0) is 28.2 Å². The van der Waals surface area contributed by atoms with Crippen molar-refractivity contribution in [1.29, 1.82) is 0 Å². The number of benzene rings is 2. The maximum absolute atomic E-state index is 13.3. The van der Waals surface area contributed by atoms with E-state index >= 15 is 0 Å². The first-order valence-electron chi connectivity index (χ1n) is 13.9. The van der Waals surface area contributed by atoms with E-state index in [4.69, 9.17) is 7.94 Å². The Balaban J connectivity index is 2.35. The van der Waals surface area contributed by atoms with Crippen molar-refractivity contribution in [2.45, 2.75) is 65.2 Å². The van der Waals surface area contributed by atoms with Crippen molar-refractivity contribution in [1.82, 2.24) is 0 Å². The van der Waals surface area contributed by atoms with Crippen molar-refractivity contribution in [2.24, 2.45) is 0 Å². The molecule has 0 spiro atoms. The van der Waals surface area contributed by atoms with Gasteiger partial charge in [-0.15, -0.1) is 0 Å². The Bertz CT molecular complexity index is 1150. The van der Waals surface area contributed by atoms with Gasteiger partial charge in [0.2, 0.25) is 0 Å². The molecule has 0 aromatic heterocycles. The van der Waals surface area contributed by atoms with Crippen LogP contribution in [0.15, 0.2) is 58.3 Å². The molecule has 0 aliphatic rings. The van der Waals surface area contributed by atoms with Crippen LogP contribution in [0, 0.1) is 0 Å². The van der Waals surface area contributed by atoms with E-state index in [-0.39, 0.29) is 9.79 Å². The number of rotatable bonds is 15. The molecule has 0 unspecified atom stereocenters. The van der Waals surface area contributed by atoms with Gasteiger partial charge in [0, 0.05) is 0 Å². The zero-order valence-corrected chi connectivity index (χ0v) is 27.9. The molecule has 0 N–H and O–H groups in total. The summed E-state index contributed by atoms with van der Waals surface area (Å²) >= 11 is 0. The van der Waals surface area contributed by atoms with Crippen LogP contribution in [0.5, 0.6) is 0 Å². The van der Waals surface area contributed by atoms with E-state index in [1.165, 1.54) is 0 Å². The average Bonchev–Trinajstić information content (AvgIpc) is 2.95.